The van der Waals surface area contributed by atoms with Crippen LogP contribution in [0.25, 0.3) is 0 Å². The van der Waals surface area contributed by atoms with Crippen LogP contribution in [0.15, 0.2) is 35.5 Å². The third-order valence-electron chi connectivity index (χ3n) is 2.79. The van der Waals surface area contributed by atoms with Gasteiger partial charge >= 0.3 is 0 Å². The molecule has 2 aromatic heterocycles. The van der Waals surface area contributed by atoms with Crippen LogP contribution >= 0.6 is 0 Å². The number of hydrogen-bond donors (Lipinski definition) is 1. The second-order valence-corrected chi connectivity index (χ2v) is 4.43. The largest absolute Gasteiger partial charge is 0.370 e. The van der Waals surface area contributed by atoms with Crippen molar-refractivity contribution in [2.75, 3.05) is 11.9 Å². The Bertz CT molecular complexity index is 606. The molecule has 0 radical (unpaired) electrons. The Morgan fingerprint density at radius 3 is 2.95 bits per heavy atom. The molecule has 1 N–H and O–H groups in total. The minimum atomic E-state index is -0.0437. The van der Waals surface area contributed by atoms with Gasteiger partial charge < -0.3 is 5.32 Å². The quantitative estimate of drug-likeness (QED) is 0.888. The van der Waals surface area contributed by atoms with Crippen molar-refractivity contribution in [2.45, 2.75) is 26.8 Å². The molecule has 0 saturated heterocycles. The number of pyridine rings is 1. The zero-order chi connectivity index (χ0) is 13.7. The highest BCUT2D eigenvalue weighted by Crippen LogP contribution is 2.12. The minimum absolute atomic E-state index is 0.0437. The van der Waals surface area contributed by atoms with Crippen LogP contribution in [0.5, 0.6) is 0 Å². The molecule has 5 nitrogen and oxygen atoms in total. The Morgan fingerprint density at radius 2 is 2.21 bits per heavy atom. The minimum Gasteiger partial charge on any atom is -0.370 e. The second kappa shape index (κ2) is 6.13. The molecule has 0 spiro atoms. The Hall–Kier alpha value is -2.17. The van der Waals surface area contributed by atoms with Crippen LogP contribution in [0.2, 0.25) is 0 Å². The second-order valence-electron chi connectivity index (χ2n) is 4.43. The van der Waals surface area contributed by atoms with Crippen molar-refractivity contribution in [1.29, 1.82) is 0 Å². The zero-order valence-electron chi connectivity index (χ0n) is 11.3. The number of nitrogens with one attached hydrogen (secondary N) is 1. The van der Waals surface area contributed by atoms with Crippen LogP contribution in [0, 0.1) is 6.92 Å². The molecule has 0 bridgehead atoms. The third kappa shape index (κ3) is 3.40. The summed E-state index contributed by atoms with van der Waals surface area (Å²) in [4.78, 5) is 20.3. The third-order valence-corrected chi connectivity index (χ3v) is 2.79. The van der Waals surface area contributed by atoms with Gasteiger partial charge in [0.15, 0.2) is 0 Å². The smallest absolute Gasteiger partial charge is 0.253 e. The van der Waals surface area contributed by atoms with Crippen molar-refractivity contribution in [3.05, 3.63) is 52.3 Å². The molecule has 0 aliphatic rings. The first kappa shape index (κ1) is 13.3. The summed E-state index contributed by atoms with van der Waals surface area (Å²) >= 11 is 0. The fourth-order valence-corrected chi connectivity index (χ4v) is 1.79. The SMILES string of the molecule is CCCNc1ncccc1Cn1cnc(C)cc1=O. The normalized spacial score (nSPS) is 10.4. The molecular formula is C14H18N4O. The van der Waals surface area contributed by atoms with E-state index in [1.165, 1.54) is 6.07 Å². The number of rotatable bonds is 5. The van der Waals surface area contributed by atoms with Gasteiger partial charge in [-0.3, -0.25) is 9.36 Å². The van der Waals surface area contributed by atoms with Gasteiger partial charge in [0, 0.05) is 30.1 Å². The highest BCUT2D eigenvalue weighted by atomic mass is 16.1. The molecule has 0 fully saturated rings. The molecule has 2 rings (SSSR count). The van der Waals surface area contributed by atoms with Gasteiger partial charge in [0.1, 0.15) is 5.82 Å². The fourth-order valence-electron chi connectivity index (χ4n) is 1.79. The maximum absolute atomic E-state index is 11.9. The molecular weight excluding hydrogens is 240 g/mol. The monoisotopic (exact) mass is 258 g/mol. The Kier molecular flexibility index (Phi) is 4.28. The van der Waals surface area contributed by atoms with Crippen molar-refractivity contribution in [3.63, 3.8) is 0 Å². The van der Waals surface area contributed by atoms with Gasteiger partial charge in [-0.15, -0.1) is 0 Å². The summed E-state index contributed by atoms with van der Waals surface area (Å²) in [5.41, 5.74) is 1.68. The fraction of sp³-hybridized carbons (Fsp3) is 0.357. The van der Waals surface area contributed by atoms with Crippen LogP contribution in [-0.2, 0) is 6.54 Å². The van der Waals surface area contributed by atoms with Crippen LogP contribution in [0.1, 0.15) is 24.6 Å². The molecule has 100 valence electrons. The van der Waals surface area contributed by atoms with E-state index in [0.29, 0.717) is 6.54 Å². The first-order valence-corrected chi connectivity index (χ1v) is 6.41. The van der Waals surface area contributed by atoms with Crippen LogP contribution < -0.4 is 10.9 Å². The molecule has 2 aromatic rings. The molecule has 2 heterocycles. The summed E-state index contributed by atoms with van der Waals surface area (Å²) in [5.74, 6) is 0.830. The average Bonchev–Trinajstić information content (AvgIpc) is 2.41. The van der Waals surface area contributed by atoms with Gasteiger partial charge in [0.2, 0.25) is 0 Å². The van der Waals surface area contributed by atoms with Crippen molar-refractivity contribution in [3.8, 4) is 0 Å². The van der Waals surface area contributed by atoms with Gasteiger partial charge in [-0.05, 0) is 19.4 Å². The number of anilines is 1. The molecule has 0 unspecified atom stereocenters. The summed E-state index contributed by atoms with van der Waals surface area (Å²) in [7, 11) is 0. The molecule has 0 amide bonds. The molecule has 0 aliphatic carbocycles. The van der Waals surface area contributed by atoms with E-state index in [-0.39, 0.29) is 5.56 Å². The van der Waals surface area contributed by atoms with Crippen molar-refractivity contribution < 1.29 is 0 Å². The van der Waals surface area contributed by atoms with E-state index in [1.807, 2.05) is 19.1 Å². The summed E-state index contributed by atoms with van der Waals surface area (Å²) in [6.07, 6.45) is 4.36. The van der Waals surface area contributed by atoms with E-state index >= 15 is 0 Å². The summed E-state index contributed by atoms with van der Waals surface area (Å²) in [6, 6.07) is 5.38. The van der Waals surface area contributed by atoms with Crippen molar-refractivity contribution in [2.24, 2.45) is 0 Å². The maximum atomic E-state index is 11.9. The molecule has 0 aromatic carbocycles. The Labute approximate surface area is 112 Å². The highest BCUT2D eigenvalue weighted by molar-refractivity contribution is 5.43. The Morgan fingerprint density at radius 1 is 1.37 bits per heavy atom. The predicted molar refractivity (Wildman–Crippen MR) is 75.4 cm³/mol. The summed E-state index contributed by atoms with van der Waals surface area (Å²) in [5, 5.41) is 3.27. The van der Waals surface area contributed by atoms with E-state index in [9.17, 15) is 4.79 Å². The standard InChI is InChI=1S/C14H18N4O/c1-3-6-15-14-12(5-4-7-16-14)9-18-10-17-11(2)8-13(18)19/h4-5,7-8,10H,3,6,9H2,1-2H3,(H,15,16). The lowest BCUT2D eigenvalue weighted by atomic mass is 10.2. The van der Waals surface area contributed by atoms with Crippen LogP contribution in [0.4, 0.5) is 5.82 Å². The number of aromatic nitrogens is 3. The van der Waals surface area contributed by atoms with E-state index in [1.54, 1.807) is 17.1 Å². The first-order chi connectivity index (χ1) is 9.20. The Balaban J connectivity index is 2.25. The molecule has 0 atom stereocenters. The van der Waals surface area contributed by atoms with Gasteiger partial charge in [0.05, 0.1) is 12.9 Å². The molecule has 0 aliphatic heterocycles. The molecule has 5 heteroatoms. The summed E-state index contributed by atoms with van der Waals surface area (Å²) < 4.78 is 1.58. The lowest BCUT2D eigenvalue weighted by Gasteiger charge is -2.11. The number of hydrogen-bond acceptors (Lipinski definition) is 4. The van der Waals surface area contributed by atoms with Crippen molar-refractivity contribution >= 4 is 5.82 Å². The summed E-state index contributed by atoms with van der Waals surface area (Å²) in [6.45, 7) is 5.26. The highest BCUT2D eigenvalue weighted by Gasteiger charge is 2.05. The lowest BCUT2D eigenvalue weighted by molar-refractivity contribution is 0.728. The van der Waals surface area contributed by atoms with E-state index < -0.39 is 0 Å². The zero-order valence-corrected chi connectivity index (χ0v) is 11.3. The van der Waals surface area contributed by atoms with E-state index in [4.69, 9.17) is 0 Å². The molecule has 19 heavy (non-hydrogen) atoms. The predicted octanol–water partition coefficient (Wildman–Crippen LogP) is 1.82. The number of nitrogens with zero attached hydrogens (tertiary/aromatic N) is 3. The van der Waals surface area contributed by atoms with Gasteiger partial charge in [-0.1, -0.05) is 13.0 Å². The van der Waals surface area contributed by atoms with E-state index in [0.717, 1.165) is 30.0 Å². The number of aryl methyl sites for hydroxylation is 1. The van der Waals surface area contributed by atoms with Crippen LogP contribution in [0.3, 0.4) is 0 Å². The lowest BCUT2D eigenvalue weighted by Crippen LogP contribution is -2.21. The molecule has 0 saturated carbocycles. The van der Waals surface area contributed by atoms with Crippen LogP contribution in [-0.4, -0.2) is 21.1 Å². The van der Waals surface area contributed by atoms with Gasteiger partial charge in [-0.2, -0.15) is 0 Å². The van der Waals surface area contributed by atoms with E-state index in [2.05, 4.69) is 22.2 Å². The van der Waals surface area contributed by atoms with Gasteiger partial charge in [0.25, 0.3) is 5.56 Å². The first-order valence-electron chi connectivity index (χ1n) is 6.41. The maximum Gasteiger partial charge on any atom is 0.253 e. The van der Waals surface area contributed by atoms with Crippen molar-refractivity contribution in [1.82, 2.24) is 14.5 Å². The van der Waals surface area contributed by atoms with Gasteiger partial charge in [-0.25, -0.2) is 9.97 Å². The average molecular weight is 258 g/mol. The topological polar surface area (TPSA) is 59.8 Å².